The third-order valence-electron chi connectivity index (χ3n) is 4.80. The second kappa shape index (κ2) is 9.44. The fourth-order valence-corrected chi connectivity index (χ4v) is 3.46. The lowest BCUT2D eigenvalue weighted by Crippen LogP contribution is -2.15. The Hall–Kier alpha value is -3.98. The Morgan fingerprint density at radius 1 is 1.09 bits per heavy atom. The molecule has 4 rings (SSSR count). The molecule has 162 valence electrons. The van der Waals surface area contributed by atoms with E-state index in [0.29, 0.717) is 23.9 Å². The summed E-state index contributed by atoms with van der Waals surface area (Å²) in [6, 6.07) is 12.6. The Bertz CT molecular complexity index is 1230. The number of nitrogens with zero attached hydrogens (tertiary/aromatic N) is 5. The Labute approximate surface area is 189 Å². The van der Waals surface area contributed by atoms with E-state index < -0.39 is 4.92 Å². The van der Waals surface area contributed by atoms with Gasteiger partial charge in [-0.05, 0) is 42.8 Å². The van der Waals surface area contributed by atoms with Crippen molar-refractivity contribution in [3.8, 4) is 16.9 Å². The van der Waals surface area contributed by atoms with E-state index in [0.717, 1.165) is 28.3 Å². The molecule has 0 bridgehead atoms. The minimum atomic E-state index is -0.475. The van der Waals surface area contributed by atoms with Gasteiger partial charge in [-0.25, -0.2) is 15.0 Å². The Morgan fingerprint density at radius 2 is 1.88 bits per heavy atom. The van der Waals surface area contributed by atoms with Crippen LogP contribution in [0.3, 0.4) is 0 Å². The van der Waals surface area contributed by atoms with Crippen molar-refractivity contribution in [3.63, 3.8) is 0 Å². The average Bonchev–Trinajstić information content (AvgIpc) is 3.32. The Morgan fingerprint density at radius 3 is 2.53 bits per heavy atom. The van der Waals surface area contributed by atoms with E-state index in [-0.39, 0.29) is 5.69 Å². The molecule has 10 heteroatoms. The van der Waals surface area contributed by atoms with Gasteiger partial charge in [0.2, 0.25) is 0 Å². The molecule has 0 aliphatic carbocycles. The summed E-state index contributed by atoms with van der Waals surface area (Å²) in [5, 5.41) is 17.8. The standard InChI is InChI=1S/C22H20ClN7O2/c1-15-12-16(23)2-4-18(15)22-19(29-11-10-24-14-29)5-7-21(28-22)26-9-8-25-20-6-3-17(13-27-20)30(31)32/h2-7,10-14H,8-9H2,1H3,(H,25,27)(H,26,28). The maximum absolute atomic E-state index is 10.7. The fraction of sp³-hybridized carbons (Fsp3) is 0.136. The van der Waals surface area contributed by atoms with Gasteiger partial charge in [-0.2, -0.15) is 0 Å². The van der Waals surface area contributed by atoms with Crippen LogP contribution >= 0.6 is 11.6 Å². The van der Waals surface area contributed by atoms with Crippen LogP contribution in [-0.2, 0) is 0 Å². The van der Waals surface area contributed by atoms with Crippen LogP contribution in [0.15, 0.2) is 67.4 Å². The number of imidazole rings is 1. The highest BCUT2D eigenvalue weighted by Crippen LogP contribution is 2.30. The molecule has 3 aromatic heterocycles. The van der Waals surface area contributed by atoms with Crippen LogP contribution in [0.5, 0.6) is 0 Å². The van der Waals surface area contributed by atoms with Gasteiger partial charge in [0.25, 0.3) is 5.69 Å². The van der Waals surface area contributed by atoms with Crippen LogP contribution in [0.4, 0.5) is 17.3 Å². The molecule has 32 heavy (non-hydrogen) atoms. The summed E-state index contributed by atoms with van der Waals surface area (Å²) in [6.07, 6.45) is 6.56. The van der Waals surface area contributed by atoms with Gasteiger partial charge >= 0.3 is 0 Å². The molecule has 0 spiro atoms. The number of pyridine rings is 2. The van der Waals surface area contributed by atoms with Crippen LogP contribution in [0, 0.1) is 17.0 Å². The zero-order valence-electron chi connectivity index (χ0n) is 17.2. The molecular weight excluding hydrogens is 430 g/mol. The molecule has 4 aromatic rings. The predicted octanol–water partition coefficient (Wildman–Crippen LogP) is 4.72. The number of aryl methyl sites for hydroxylation is 1. The molecule has 0 radical (unpaired) electrons. The number of nitro groups is 1. The molecule has 0 saturated heterocycles. The van der Waals surface area contributed by atoms with E-state index in [1.165, 1.54) is 12.3 Å². The van der Waals surface area contributed by atoms with Gasteiger partial charge in [0.15, 0.2) is 0 Å². The molecule has 0 saturated carbocycles. The average molecular weight is 450 g/mol. The normalized spacial score (nSPS) is 10.7. The van der Waals surface area contributed by atoms with E-state index in [9.17, 15) is 10.1 Å². The summed E-state index contributed by atoms with van der Waals surface area (Å²) in [4.78, 5) is 23.3. The summed E-state index contributed by atoms with van der Waals surface area (Å²) in [7, 11) is 0. The van der Waals surface area contributed by atoms with E-state index in [1.807, 2.05) is 48.0 Å². The van der Waals surface area contributed by atoms with Crippen LogP contribution in [0.25, 0.3) is 16.9 Å². The number of rotatable bonds is 8. The molecule has 2 N–H and O–H groups in total. The monoisotopic (exact) mass is 449 g/mol. The van der Waals surface area contributed by atoms with Gasteiger partial charge in [-0.15, -0.1) is 0 Å². The maximum Gasteiger partial charge on any atom is 0.287 e. The number of aromatic nitrogens is 4. The first-order valence-electron chi connectivity index (χ1n) is 9.85. The summed E-state index contributed by atoms with van der Waals surface area (Å²) in [5.74, 6) is 1.29. The van der Waals surface area contributed by atoms with E-state index in [4.69, 9.17) is 16.6 Å². The van der Waals surface area contributed by atoms with Crippen LogP contribution in [0.1, 0.15) is 5.56 Å². The van der Waals surface area contributed by atoms with E-state index in [1.54, 1.807) is 18.6 Å². The molecule has 0 unspecified atom stereocenters. The lowest BCUT2D eigenvalue weighted by atomic mass is 10.0. The largest absolute Gasteiger partial charge is 0.368 e. The lowest BCUT2D eigenvalue weighted by Gasteiger charge is -2.15. The minimum Gasteiger partial charge on any atom is -0.368 e. The van der Waals surface area contributed by atoms with Crippen LogP contribution in [0.2, 0.25) is 5.02 Å². The first-order chi connectivity index (χ1) is 15.5. The SMILES string of the molecule is Cc1cc(Cl)ccc1-c1nc(NCCNc2ccc([N+](=O)[O-])cn2)ccc1-n1ccnc1. The summed E-state index contributed by atoms with van der Waals surface area (Å²) < 4.78 is 1.92. The summed E-state index contributed by atoms with van der Waals surface area (Å²) in [6.45, 7) is 3.14. The van der Waals surface area contributed by atoms with Crippen molar-refractivity contribution in [2.45, 2.75) is 6.92 Å². The molecular formula is C22H20ClN7O2. The summed E-state index contributed by atoms with van der Waals surface area (Å²) >= 11 is 6.14. The molecule has 3 heterocycles. The third kappa shape index (κ3) is 4.84. The highest BCUT2D eigenvalue weighted by Gasteiger charge is 2.13. The molecule has 0 atom stereocenters. The Kier molecular flexibility index (Phi) is 6.27. The Balaban J connectivity index is 1.49. The van der Waals surface area contributed by atoms with Crippen LogP contribution < -0.4 is 10.6 Å². The van der Waals surface area contributed by atoms with Gasteiger partial charge in [0.05, 0.1) is 22.6 Å². The highest BCUT2D eigenvalue weighted by molar-refractivity contribution is 6.30. The topological polar surface area (TPSA) is 111 Å². The lowest BCUT2D eigenvalue weighted by molar-refractivity contribution is -0.385. The number of hydrogen-bond donors (Lipinski definition) is 2. The molecule has 0 amide bonds. The van der Waals surface area contributed by atoms with Gasteiger partial charge in [-0.3, -0.25) is 10.1 Å². The zero-order chi connectivity index (χ0) is 22.5. The zero-order valence-corrected chi connectivity index (χ0v) is 18.0. The van der Waals surface area contributed by atoms with E-state index in [2.05, 4.69) is 20.6 Å². The maximum atomic E-state index is 10.7. The molecule has 1 aromatic carbocycles. The van der Waals surface area contributed by atoms with Gasteiger partial charge in [-0.1, -0.05) is 17.7 Å². The van der Waals surface area contributed by atoms with Gasteiger partial charge in [0, 0.05) is 42.1 Å². The first-order valence-corrected chi connectivity index (χ1v) is 10.2. The molecule has 0 aliphatic rings. The molecule has 0 aliphatic heterocycles. The van der Waals surface area contributed by atoms with Gasteiger partial charge < -0.3 is 15.2 Å². The number of halogens is 1. The number of hydrogen-bond acceptors (Lipinski definition) is 7. The fourth-order valence-electron chi connectivity index (χ4n) is 3.23. The van der Waals surface area contributed by atoms with Crippen molar-refractivity contribution >= 4 is 28.9 Å². The number of anilines is 2. The van der Waals surface area contributed by atoms with Crippen molar-refractivity contribution in [2.75, 3.05) is 23.7 Å². The number of benzene rings is 1. The first kappa shape index (κ1) is 21.3. The second-order valence-electron chi connectivity index (χ2n) is 7.01. The van der Waals surface area contributed by atoms with E-state index >= 15 is 0 Å². The second-order valence-corrected chi connectivity index (χ2v) is 7.44. The molecule has 0 fully saturated rings. The van der Waals surface area contributed by atoms with Gasteiger partial charge in [0.1, 0.15) is 17.8 Å². The molecule has 9 nitrogen and oxygen atoms in total. The van der Waals surface area contributed by atoms with Crippen molar-refractivity contribution in [1.29, 1.82) is 0 Å². The van der Waals surface area contributed by atoms with Crippen molar-refractivity contribution in [1.82, 2.24) is 19.5 Å². The van der Waals surface area contributed by atoms with Crippen LogP contribution in [-0.4, -0.2) is 37.5 Å². The quantitative estimate of drug-likeness (QED) is 0.227. The number of nitrogens with one attached hydrogen (secondary N) is 2. The van der Waals surface area contributed by atoms with Crippen molar-refractivity contribution < 1.29 is 4.92 Å². The third-order valence-corrected chi connectivity index (χ3v) is 5.03. The van der Waals surface area contributed by atoms with Crippen molar-refractivity contribution in [2.24, 2.45) is 0 Å². The summed E-state index contributed by atoms with van der Waals surface area (Å²) in [5.41, 5.74) is 3.68. The smallest absolute Gasteiger partial charge is 0.287 e. The minimum absolute atomic E-state index is 0.0409. The highest BCUT2D eigenvalue weighted by atomic mass is 35.5. The van der Waals surface area contributed by atoms with Crippen molar-refractivity contribution in [3.05, 3.63) is 88.1 Å². The predicted molar refractivity (Wildman–Crippen MR) is 124 cm³/mol.